The van der Waals surface area contributed by atoms with Gasteiger partial charge in [0, 0.05) is 12.2 Å². The fraction of sp³-hybridized carbons (Fsp3) is 0.462. The molecule has 1 rings (SSSR count). The molecule has 15 heavy (non-hydrogen) atoms. The van der Waals surface area contributed by atoms with E-state index in [1.807, 2.05) is 25.1 Å². The number of nitrogens with zero attached hydrogens (tertiary/aromatic N) is 1. The molecular formula is C13H18N2. The largest absolute Gasteiger partial charge is 0.385 e. The Hall–Kier alpha value is -1.49. The fourth-order valence-electron chi connectivity index (χ4n) is 1.40. The van der Waals surface area contributed by atoms with Crippen LogP contribution < -0.4 is 5.32 Å². The number of aryl methyl sites for hydroxylation is 1. The van der Waals surface area contributed by atoms with Gasteiger partial charge in [0.25, 0.3) is 0 Å². The smallest absolute Gasteiger partial charge is 0.0994 e. The van der Waals surface area contributed by atoms with Crippen LogP contribution in [0.2, 0.25) is 0 Å². The number of hydrogen-bond acceptors (Lipinski definition) is 2. The Morgan fingerprint density at radius 1 is 1.40 bits per heavy atom. The summed E-state index contributed by atoms with van der Waals surface area (Å²) in [6.07, 6.45) is 1.17. The van der Waals surface area contributed by atoms with Crippen molar-refractivity contribution < 1.29 is 0 Å². The van der Waals surface area contributed by atoms with Gasteiger partial charge in [0.2, 0.25) is 0 Å². The molecular weight excluding hydrogens is 184 g/mol. The molecule has 0 aliphatic rings. The van der Waals surface area contributed by atoms with Crippen LogP contribution in [0.25, 0.3) is 0 Å². The Kier molecular flexibility index (Phi) is 4.17. The van der Waals surface area contributed by atoms with E-state index in [0.717, 1.165) is 29.3 Å². The van der Waals surface area contributed by atoms with Crippen molar-refractivity contribution in [3.63, 3.8) is 0 Å². The zero-order valence-electron chi connectivity index (χ0n) is 9.67. The van der Waals surface area contributed by atoms with Crippen molar-refractivity contribution in [3.05, 3.63) is 29.3 Å². The van der Waals surface area contributed by atoms with Crippen molar-refractivity contribution in [3.8, 4) is 6.07 Å². The van der Waals surface area contributed by atoms with Gasteiger partial charge in [-0.15, -0.1) is 0 Å². The highest BCUT2D eigenvalue weighted by molar-refractivity contribution is 5.51. The van der Waals surface area contributed by atoms with Crippen molar-refractivity contribution in [1.82, 2.24) is 0 Å². The molecule has 0 aromatic heterocycles. The van der Waals surface area contributed by atoms with E-state index in [1.54, 1.807) is 0 Å². The van der Waals surface area contributed by atoms with Crippen molar-refractivity contribution in [2.75, 3.05) is 11.9 Å². The van der Waals surface area contributed by atoms with E-state index in [1.165, 1.54) is 6.42 Å². The lowest BCUT2D eigenvalue weighted by Crippen LogP contribution is -2.04. The lowest BCUT2D eigenvalue weighted by atomic mass is 10.1. The zero-order chi connectivity index (χ0) is 11.3. The minimum atomic E-state index is 0.719. The summed E-state index contributed by atoms with van der Waals surface area (Å²) < 4.78 is 0. The molecule has 0 heterocycles. The maximum atomic E-state index is 8.79. The molecule has 0 spiro atoms. The first kappa shape index (κ1) is 11.6. The van der Waals surface area contributed by atoms with Gasteiger partial charge in [-0.1, -0.05) is 13.8 Å². The molecule has 1 N–H and O–H groups in total. The quantitative estimate of drug-likeness (QED) is 0.813. The van der Waals surface area contributed by atoms with E-state index in [4.69, 9.17) is 5.26 Å². The third-order valence-corrected chi connectivity index (χ3v) is 2.40. The predicted molar refractivity (Wildman–Crippen MR) is 63.8 cm³/mol. The van der Waals surface area contributed by atoms with E-state index in [0.29, 0.717) is 0 Å². The lowest BCUT2D eigenvalue weighted by Gasteiger charge is -2.09. The molecule has 0 unspecified atom stereocenters. The third kappa shape index (κ3) is 3.63. The van der Waals surface area contributed by atoms with Gasteiger partial charge in [-0.2, -0.15) is 5.26 Å². The number of hydrogen-bond donors (Lipinski definition) is 1. The second kappa shape index (κ2) is 5.41. The Balaban J connectivity index is 2.57. The SMILES string of the molecule is Cc1cc(NCCC(C)C)ccc1C#N. The van der Waals surface area contributed by atoms with Crippen LogP contribution in [-0.4, -0.2) is 6.54 Å². The van der Waals surface area contributed by atoms with Gasteiger partial charge >= 0.3 is 0 Å². The maximum Gasteiger partial charge on any atom is 0.0994 e. The van der Waals surface area contributed by atoms with Crippen LogP contribution >= 0.6 is 0 Å². The lowest BCUT2D eigenvalue weighted by molar-refractivity contribution is 0.607. The highest BCUT2D eigenvalue weighted by Crippen LogP contribution is 2.14. The van der Waals surface area contributed by atoms with Gasteiger partial charge in [0.15, 0.2) is 0 Å². The van der Waals surface area contributed by atoms with Crippen LogP contribution in [-0.2, 0) is 0 Å². The van der Waals surface area contributed by atoms with Crippen LogP contribution in [0.1, 0.15) is 31.4 Å². The van der Waals surface area contributed by atoms with Gasteiger partial charge in [-0.05, 0) is 43.0 Å². The highest BCUT2D eigenvalue weighted by Gasteiger charge is 1.99. The predicted octanol–water partition coefficient (Wildman–Crippen LogP) is 3.32. The first-order valence-corrected chi connectivity index (χ1v) is 5.38. The first-order chi connectivity index (χ1) is 7.13. The van der Waals surface area contributed by atoms with Crippen LogP contribution in [0, 0.1) is 24.2 Å². The van der Waals surface area contributed by atoms with E-state index in [9.17, 15) is 0 Å². The average Bonchev–Trinajstić information content (AvgIpc) is 2.17. The Morgan fingerprint density at radius 3 is 2.67 bits per heavy atom. The standard InChI is InChI=1S/C13H18N2/c1-10(2)6-7-15-13-5-4-12(9-14)11(3)8-13/h4-5,8,10,15H,6-7H2,1-3H3. The molecule has 1 aromatic carbocycles. The molecule has 0 saturated carbocycles. The summed E-state index contributed by atoms with van der Waals surface area (Å²) in [6.45, 7) is 7.38. The first-order valence-electron chi connectivity index (χ1n) is 5.38. The third-order valence-electron chi connectivity index (χ3n) is 2.40. The molecule has 0 aliphatic carbocycles. The number of benzene rings is 1. The summed E-state index contributed by atoms with van der Waals surface area (Å²) in [4.78, 5) is 0. The van der Waals surface area contributed by atoms with Crippen LogP contribution in [0.5, 0.6) is 0 Å². The molecule has 0 bridgehead atoms. The molecule has 0 aliphatic heterocycles. The Labute approximate surface area is 91.9 Å². The van der Waals surface area contributed by atoms with E-state index in [2.05, 4.69) is 25.2 Å². The molecule has 1 aromatic rings. The molecule has 0 fully saturated rings. The summed E-state index contributed by atoms with van der Waals surface area (Å²) in [5, 5.41) is 12.1. The number of anilines is 1. The zero-order valence-corrected chi connectivity index (χ0v) is 9.67. The summed E-state index contributed by atoms with van der Waals surface area (Å²) in [5.41, 5.74) is 2.89. The molecule has 0 atom stereocenters. The number of nitriles is 1. The molecule has 2 nitrogen and oxygen atoms in total. The topological polar surface area (TPSA) is 35.8 Å². The average molecular weight is 202 g/mol. The van der Waals surface area contributed by atoms with Gasteiger partial charge in [-0.25, -0.2) is 0 Å². The molecule has 0 radical (unpaired) electrons. The van der Waals surface area contributed by atoms with Gasteiger partial charge < -0.3 is 5.32 Å². The number of rotatable bonds is 4. The van der Waals surface area contributed by atoms with E-state index in [-0.39, 0.29) is 0 Å². The highest BCUT2D eigenvalue weighted by atomic mass is 14.9. The Morgan fingerprint density at radius 2 is 2.13 bits per heavy atom. The molecule has 80 valence electrons. The van der Waals surface area contributed by atoms with Crippen LogP contribution in [0.4, 0.5) is 5.69 Å². The summed E-state index contributed by atoms with van der Waals surface area (Å²) in [5.74, 6) is 0.719. The van der Waals surface area contributed by atoms with Crippen LogP contribution in [0.3, 0.4) is 0 Å². The minimum Gasteiger partial charge on any atom is -0.385 e. The van der Waals surface area contributed by atoms with Gasteiger partial charge in [0.1, 0.15) is 0 Å². The minimum absolute atomic E-state index is 0.719. The molecule has 0 saturated heterocycles. The van der Waals surface area contributed by atoms with Crippen molar-refractivity contribution in [1.29, 1.82) is 5.26 Å². The van der Waals surface area contributed by atoms with Gasteiger partial charge in [-0.3, -0.25) is 0 Å². The summed E-state index contributed by atoms with van der Waals surface area (Å²) in [6, 6.07) is 8.03. The monoisotopic (exact) mass is 202 g/mol. The Bertz CT molecular complexity index is 361. The fourth-order valence-corrected chi connectivity index (χ4v) is 1.40. The summed E-state index contributed by atoms with van der Waals surface area (Å²) in [7, 11) is 0. The second-order valence-corrected chi connectivity index (χ2v) is 4.25. The van der Waals surface area contributed by atoms with E-state index < -0.39 is 0 Å². The van der Waals surface area contributed by atoms with Crippen molar-refractivity contribution in [2.45, 2.75) is 27.2 Å². The van der Waals surface area contributed by atoms with E-state index >= 15 is 0 Å². The van der Waals surface area contributed by atoms with Crippen molar-refractivity contribution in [2.24, 2.45) is 5.92 Å². The number of nitrogens with one attached hydrogen (secondary N) is 1. The van der Waals surface area contributed by atoms with Crippen LogP contribution in [0.15, 0.2) is 18.2 Å². The summed E-state index contributed by atoms with van der Waals surface area (Å²) >= 11 is 0. The van der Waals surface area contributed by atoms with Crippen molar-refractivity contribution >= 4 is 5.69 Å². The normalized spacial score (nSPS) is 10.1. The molecule has 2 heteroatoms. The maximum absolute atomic E-state index is 8.79. The second-order valence-electron chi connectivity index (χ2n) is 4.25. The van der Waals surface area contributed by atoms with Gasteiger partial charge in [0.05, 0.1) is 11.6 Å². The molecule has 0 amide bonds.